The number of nitrogens with zero attached hydrogens (tertiary/aromatic N) is 4. The molecule has 2 N–H and O–H groups in total. The van der Waals surface area contributed by atoms with Crippen LogP contribution in [0.5, 0.6) is 0 Å². The standard InChI is InChI=1S/C17H22N6O2/c1-11-19-17(22-25-11)21-13-5-4-12(9-13)20-15-7-6-14(10-18-15)23-8-2-3-16(23)24/h6-7,10,12-13H,2-5,8-9H2,1H3,(H,18,20)(H,21,22)/t12-,13-/m0/s1. The van der Waals surface area contributed by atoms with Gasteiger partial charge in [-0.25, -0.2) is 4.98 Å². The van der Waals surface area contributed by atoms with Crippen molar-refractivity contribution in [1.29, 1.82) is 0 Å². The Bertz CT molecular complexity index is 744. The summed E-state index contributed by atoms with van der Waals surface area (Å²) in [5.74, 6) is 2.15. The molecular formula is C17H22N6O2. The van der Waals surface area contributed by atoms with Gasteiger partial charge in [-0.15, -0.1) is 0 Å². The molecule has 2 atom stereocenters. The highest BCUT2D eigenvalue weighted by Gasteiger charge is 2.26. The SMILES string of the molecule is Cc1nc(N[C@H]2CC[C@H](Nc3ccc(N4CCCC4=O)cn3)C2)no1. The third-order valence-corrected chi connectivity index (χ3v) is 4.78. The van der Waals surface area contributed by atoms with Crippen LogP contribution in [0.3, 0.4) is 0 Å². The zero-order chi connectivity index (χ0) is 17.2. The van der Waals surface area contributed by atoms with E-state index in [4.69, 9.17) is 4.52 Å². The lowest BCUT2D eigenvalue weighted by molar-refractivity contribution is -0.117. The lowest BCUT2D eigenvalue weighted by atomic mass is 10.2. The van der Waals surface area contributed by atoms with E-state index < -0.39 is 0 Å². The van der Waals surface area contributed by atoms with Crippen molar-refractivity contribution in [2.24, 2.45) is 0 Å². The Hall–Kier alpha value is -2.64. The molecule has 1 saturated heterocycles. The predicted molar refractivity (Wildman–Crippen MR) is 93.5 cm³/mol. The van der Waals surface area contributed by atoms with Crippen LogP contribution in [0.15, 0.2) is 22.9 Å². The van der Waals surface area contributed by atoms with E-state index >= 15 is 0 Å². The molecular weight excluding hydrogens is 320 g/mol. The fraction of sp³-hybridized carbons (Fsp3) is 0.529. The summed E-state index contributed by atoms with van der Waals surface area (Å²) in [6.45, 7) is 2.57. The van der Waals surface area contributed by atoms with E-state index in [0.717, 1.165) is 43.7 Å². The minimum Gasteiger partial charge on any atom is -0.367 e. The summed E-state index contributed by atoms with van der Waals surface area (Å²) in [6, 6.07) is 4.60. The van der Waals surface area contributed by atoms with Crippen LogP contribution < -0.4 is 15.5 Å². The molecule has 2 aromatic rings. The molecule has 1 amide bonds. The monoisotopic (exact) mass is 342 g/mol. The first kappa shape index (κ1) is 15.9. The van der Waals surface area contributed by atoms with Gasteiger partial charge in [0, 0.05) is 32.0 Å². The van der Waals surface area contributed by atoms with Gasteiger partial charge in [-0.3, -0.25) is 4.79 Å². The van der Waals surface area contributed by atoms with Crippen molar-refractivity contribution in [2.75, 3.05) is 22.1 Å². The van der Waals surface area contributed by atoms with Gasteiger partial charge in [0.15, 0.2) is 0 Å². The first-order chi connectivity index (χ1) is 12.2. The van der Waals surface area contributed by atoms with E-state index in [9.17, 15) is 4.79 Å². The first-order valence-electron chi connectivity index (χ1n) is 8.77. The van der Waals surface area contributed by atoms with E-state index in [1.165, 1.54) is 0 Å². The van der Waals surface area contributed by atoms with Crippen molar-refractivity contribution in [3.05, 3.63) is 24.2 Å². The zero-order valence-electron chi connectivity index (χ0n) is 14.2. The summed E-state index contributed by atoms with van der Waals surface area (Å²) in [5, 5.41) is 10.7. The maximum atomic E-state index is 11.8. The van der Waals surface area contributed by atoms with Crippen LogP contribution >= 0.6 is 0 Å². The maximum Gasteiger partial charge on any atom is 0.263 e. The second-order valence-electron chi connectivity index (χ2n) is 6.68. The van der Waals surface area contributed by atoms with Gasteiger partial charge in [-0.2, -0.15) is 4.98 Å². The van der Waals surface area contributed by atoms with Crippen LogP contribution in [0, 0.1) is 6.92 Å². The van der Waals surface area contributed by atoms with Crippen LogP contribution in [0.1, 0.15) is 38.0 Å². The van der Waals surface area contributed by atoms with Crippen LogP contribution in [0.2, 0.25) is 0 Å². The van der Waals surface area contributed by atoms with Crippen molar-refractivity contribution in [2.45, 2.75) is 51.1 Å². The topological polar surface area (TPSA) is 96.2 Å². The first-order valence-corrected chi connectivity index (χ1v) is 8.77. The van der Waals surface area contributed by atoms with Crippen LogP contribution in [0.4, 0.5) is 17.5 Å². The molecule has 0 spiro atoms. The number of hydrogen-bond donors (Lipinski definition) is 2. The smallest absolute Gasteiger partial charge is 0.263 e. The van der Waals surface area contributed by atoms with E-state index in [2.05, 4.69) is 25.8 Å². The summed E-state index contributed by atoms with van der Waals surface area (Å²) in [7, 11) is 0. The number of aryl methyl sites for hydroxylation is 1. The molecule has 2 fully saturated rings. The van der Waals surface area contributed by atoms with Gasteiger partial charge in [0.25, 0.3) is 5.95 Å². The molecule has 1 aliphatic heterocycles. The molecule has 4 rings (SSSR count). The summed E-state index contributed by atoms with van der Waals surface area (Å²) in [4.78, 5) is 22.2. The second-order valence-corrected chi connectivity index (χ2v) is 6.68. The molecule has 8 heteroatoms. The summed E-state index contributed by atoms with van der Waals surface area (Å²) < 4.78 is 4.98. The third kappa shape index (κ3) is 3.57. The Morgan fingerprint density at radius 2 is 2.08 bits per heavy atom. The molecule has 2 aromatic heterocycles. The van der Waals surface area contributed by atoms with Gasteiger partial charge >= 0.3 is 0 Å². The Morgan fingerprint density at radius 1 is 1.24 bits per heavy atom. The van der Waals surface area contributed by atoms with E-state index in [1.807, 2.05) is 12.1 Å². The molecule has 2 aliphatic rings. The van der Waals surface area contributed by atoms with Crippen molar-refractivity contribution in [3.63, 3.8) is 0 Å². The molecule has 132 valence electrons. The Kier molecular flexibility index (Phi) is 4.25. The van der Waals surface area contributed by atoms with Crippen LogP contribution in [0.25, 0.3) is 0 Å². The third-order valence-electron chi connectivity index (χ3n) is 4.78. The molecule has 0 radical (unpaired) electrons. The number of pyridine rings is 1. The van der Waals surface area contributed by atoms with E-state index in [1.54, 1.807) is 18.0 Å². The zero-order valence-corrected chi connectivity index (χ0v) is 14.2. The Labute approximate surface area is 146 Å². The minimum atomic E-state index is 0.184. The van der Waals surface area contributed by atoms with Crippen LogP contribution in [-0.4, -0.2) is 39.7 Å². The number of anilines is 3. The van der Waals surface area contributed by atoms with Crippen molar-refractivity contribution < 1.29 is 9.32 Å². The van der Waals surface area contributed by atoms with Gasteiger partial charge in [-0.05, 0) is 43.0 Å². The van der Waals surface area contributed by atoms with Gasteiger partial charge in [0.05, 0.1) is 11.9 Å². The average Bonchev–Trinajstić information content (AvgIpc) is 3.32. The Balaban J connectivity index is 1.31. The largest absolute Gasteiger partial charge is 0.367 e. The highest BCUT2D eigenvalue weighted by Crippen LogP contribution is 2.26. The van der Waals surface area contributed by atoms with Gasteiger partial charge in [0.1, 0.15) is 5.82 Å². The number of hydrogen-bond acceptors (Lipinski definition) is 7. The lowest BCUT2D eigenvalue weighted by Crippen LogP contribution is -2.24. The minimum absolute atomic E-state index is 0.184. The summed E-state index contributed by atoms with van der Waals surface area (Å²) in [5.41, 5.74) is 0.881. The molecule has 0 bridgehead atoms. The van der Waals surface area contributed by atoms with Gasteiger partial charge in [-0.1, -0.05) is 0 Å². The maximum absolute atomic E-state index is 11.8. The average molecular weight is 342 g/mol. The molecule has 3 heterocycles. The van der Waals surface area contributed by atoms with Gasteiger partial charge in [0.2, 0.25) is 11.8 Å². The molecule has 0 aromatic carbocycles. The molecule has 1 saturated carbocycles. The van der Waals surface area contributed by atoms with Gasteiger partial charge < -0.3 is 20.1 Å². The Morgan fingerprint density at radius 3 is 2.72 bits per heavy atom. The molecule has 1 aliphatic carbocycles. The second kappa shape index (κ2) is 6.70. The quantitative estimate of drug-likeness (QED) is 0.861. The number of amides is 1. The molecule has 8 nitrogen and oxygen atoms in total. The highest BCUT2D eigenvalue weighted by atomic mass is 16.5. The fourth-order valence-electron chi connectivity index (χ4n) is 3.55. The van der Waals surface area contributed by atoms with Crippen molar-refractivity contribution in [1.82, 2.24) is 15.1 Å². The number of aromatic nitrogens is 3. The number of carbonyl (C=O) groups is 1. The summed E-state index contributed by atoms with van der Waals surface area (Å²) in [6.07, 6.45) is 6.42. The summed E-state index contributed by atoms with van der Waals surface area (Å²) >= 11 is 0. The lowest BCUT2D eigenvalue weighted by Gasteiger charge is -2.17. The van der Waals surface area contributed by atoms with E-state index in [-0.39, 0.29) is 5.91 Å². The van der Waals surface area contributed by atoms with E-state index in [0.29, 0.717) is 30.3 Å². The van der Waals surface area contributed by atoms with Crippen LogP contribution in [-0.2, 0) is 4.79 Å². The predicted octanol–water partition coefficient (Wildman–Crippen LogP) is 2.34. The number of rotatable bonds is 5. The highest BCUT2D eigenvalue weighted by molar-refractivity contribution is 5.95. The molecule has 25 heavy (non-hydrogen) atoms. The van der Waals surface area contributed by atoms with Crippen molar-refractivity contribution >= 4 is 23.4 Å². The number of carbonyl (C=O) groups excluding carboxylic acids is 1. The fourth-order valence-corrected chi connectivity index (χ4v) is 3.55. The normalized spacial score (nSPS) is 23.2. The number of nitrogens with one attached hydrogen (secondary N) is 2. The van der Waals surface area contributed by atoms with Crippen molar-refractivity contribution in [3.8, 4) is 0 Å². The molecule has 0 unspecified atom stereocenters.